The molecule has 1 aromatic carbocycles. The van der Waals surface area contributed by atoms with Gasteiger partial charge in [0.15, 0.2) is 0 Å². The molecule has 0 saturated heterocycles. The van der Waals surface area contributed by atoms with Crippen molar-refractivity contribution in [3.63, 3.8) is 0 Å². The third-order valence-electron chi connectivity index (χ3n) is 2.53. The van der Waals surface area contributed by atoms with Crippen LogP contribution in [0.4, 0.5) is 39.5 Å². The zero-order valence-corrected chi connectivity index (χ0v) is 11.3. The first-order valence-corrected chi connectivity index (χ1v) is 5.96. The van der Waals surface area contributed by atoms with Crippen molar-refractivity contribution >= 4 is 0 Å². The van der Waals surface area contributed by atoms with E-state index in [0.717, 1.165) is 24.3 Å². The highest BCUT2D eigenvalue weighted by molar-refractivity contribution is 5.27. The third kappa shape index (κ3) is 4.66. The van der Waals surface area contributed by atoms with E-state index in [1.54, 1.807) is 0 Å². The van der Waals surface area contributed by atoms with E-state index < -0.39 is 43.3 Å². The van der Waals surface area contributed by atoms with Crippen molar-refractivity contribution in [1.29, 1.82) is 0 Å². The zero-order valence-electron chi connectivity index (χ0n) is 11.3. The number of benzene rings is 1. The van der Waals surface area contributed by atoms with E-state index >= 15 is 0 Å². The quantitative estimate of drug-likeness (QED) is 0.737. The lowest BCUT2D eigenvalue weighted by Crippen LogP contribution is -2.50. The van der Waals surface area contributed by atoms with Crippen LogP contribution >= 0.6 is 0 Å². The summed E-state index contributed by atoms with van der Waals surface area (Å²) in [6.07, 6.45) is -20.5. The minimum Gasteiger partial charge on any atom is -0.429 e. The number of ether oxygens (including phenoxy) is 2. The predicted molar refractivity (Wildman–Crippen MR) is 59.8 cm³/mol. The van der Waals surface area contributed by atoms with Gasteiger partial charge in [-0.05, 0) is 17.7 Å². The first kappa shape index (κ1) is 20.4. The maximum Gasteiger partial charge on any atom is 0.459 e. The molecule has 0 radical (unpaired) electrons. The molecule has 12 heteroatoms. The van der Waals surface area contributed by atoms with Gasteiger partial charge in [0.05, 0.1) is 6.61 Å². The van der Waals surface area contributed by atoms with E-state index in [2.05, 4.69) is 9.47 Å². The summed E-state index contributed by atoms with van der Waals surface area (Å²) in [6, 6.07) is 3.80. The summed E-state index contributed by atoms with van der Waals surface area (Å²) in [6.45, 7) is -0.457. The normalized spacial score (nSPS) is 15.9. The van der Waals surface area contributed by atoms with Crippen LogP contribution in [-0.2, 0) is 11.3 Å². The largest absolute Gasteiger partial charge is 0.459 e. The van der Waals surface area contributed by atoms with Crippen LogP contribution < -0.4 is 4.74 Å². The summed E-state index contributed by atoms with van der Waals surface area (Å²) in [5.74, 6) is -6.93. The van der Waals surface area contributed by atoms with Crippen LogP contribution in [0.5, 0.6) is 5.75 Å². The summed E-state index contributed by atoms with van der Waals surface area (Å²) in [4.78, 5) is 0. The zero-order chi connectivity index (χ0) is 18.8. The Balaban J connectivity index is 2.78. The topological polar surface area (TPSA) is 38.7 Å². The maximum absolute atomic E-state index is 13.3. The van der Waals surface area contributed by atoms with E-state index in [1.165, 1.54) is 0 Å². The molecule has 2 atom stereocenters. The number of aliphatic hydroxyl groups excluding tert-OH is 1. The average Bonchev–Trinajstić information content (AvgIpc) is 2.46. The number of hydrogen-bond donors (Lipinski definition) is 1. The molecular weight excluding hydrogens is 363 g/mol. The molecule has 0 saturated carbocycles. The van der Waals surface area contributed by atoms with E-state index in [4.69, 9.17) is 5.11 Å². The standard InChI is InChI=1S/C12H9F9O3/c13-8(10(15,16)12(19,20)21)23-9(14)11(17,18)24-7-3-1-6(5-22)2-4-7/h1-4,8-9,22H,5H2. The van der Waals surface area contributed by atoms with Gasteiger partial charge in [-0.2, -0.15) is 30.7 Å². The Labute approximate surface area is 128 Å². The summed E-state index contributed by atoms with van der Waals surface area (Å²) in [7, 11) is 0. The Kier molecular flexibility index (Phi) is 5.98. The molecule has 0 spiro atoms. The summed E-state index contributed by atoms with van der Waals surface area (Å²) < 4.78 is 119. The number of rotatable bonds is 7. The second-order valence-electron chi connectivity index (χ2n) is 4.35. The van der Waals surface area contributed by atoms with Crippen molar-refractivity contribution in [2.75, 3.05) is 0 Å². The molecule has 0 aromatic heterocycles. The van der Waals surface area contributed by atoms with Gasteiger partial charge in [0, 0.05) is 0 Å². The number of aliphatic hydroxyl groups is 1. The Morgan fingerprint density at radius 3 is 1.79 bits per heavy atom. The maximum atomic E-state index is 13.3. The Morgan fingerprint density at radius 1 is 0.875 bits per heavy atom. The van der Waals surface area contributed by atoms with Crippen molar-refractivity contribution in [3.05, 3.63) is 29.8 Å². The Morgan fingerprint density at radius 2 is 1.38 bits per heavy atom. The molecular formula is C12H9F9O3. The Hall–Kier alpha value is -1.69. The number of alkyl halides is 9. The molecule has 1 N–H and O–H groups in total. The Bertz CT molecular complexity index is 530. The molecule has 0 bridgehead atoms. The van der Waals surface area contributed by atoms with Crippen LogP contribution in [0, 0.1) is 0 Å². The monoisotopic (exact) mass is 372 g/mol. The minimum absolute atomic E-state index is 0.257. The van der Waals surface area contributed by atoms with E-state index in [1.807, 2.05) is 0 Å². The highest BCUT2D eigenvalue weighted by Crippen LogP contribution is 2.41. The van der Waals surface area contributed by atoms with Gasteiger partial charge in [-0.1, -0.05) is 12.1 Å². The lowest BCUT2D eigenvalue weighted by molar-refractivity contribution is -0.382. The number of hydrogen-bond acceptors (Lipinski definition) is 3. The van der Waals surface area contributed by atoms with Crippen LogP contribution in [0.3, 0.4) is 0 Å². The summed E-state index contributed by atoms with van der Waals surface area (Å²) >= 11 is 0. The van der Waals surface area contributed by atoms with Crippen molar-refractivity contribution in [2.24, 2.45) is 0 Å². The van der Waals surface area contributed by atoms with Crippen molar-refractivity contribution in [2.45, 2.75) is 37.5 Å². The highest BCUT2D eigenvalue weighted by atomic mass is 19.4. The average molecular weight is 372 g/mol. The molecule has 1 aromatic rings. The van der Waals surface area contributed by atoms with Crippen LogP contribution in [-0.4, -0.2) is 36.0 Å². The van der Waals surface area contributed by atoms with Crippen molar-refractivity contribution < 1.29 is 54.1 Å². The first-order valence-electron chi connectivity index (χ1n) is 5.96. The van der Waals surface area contributed by atoms with Gasteiger partial charge in [0.25, 0.3) is 6.36 Å². The van der Waals surface area contributed by atoms with Gasteiger partial charge in [0.1, 0.15) is 5.75 Å². The van der Waals surface area contributed by atoms with E-state index in [0.29, 0.717) is 0 Å². The molecule has 0 aliphatic heterocycles. The van der Waals surface area contributed by atoms with Gasteiger partial charge in [-0.25, -0.2) is 8.78 Å². The van der Waals surface area contributed by atoms with Crippen molar-refractivity contribution in [3.8, 4) is 5.75 Å². The molecule has 0 aliphatic rings. The molecule has 138 valence electrons. The molecule has 2 unspecified atom stereocenters. The SMILES string of the molecule is OCc1ccc(OC(F)(F)C(F)OC(F)C(F)(F)C(F)(F)F)cc1. The fraction of sp³-hybridized carbons (Fsp3) is 0.500. The molecule has 0 aliphatic carbocycles. The molecule has 24 heavy (non-hydrogen) atoms. The van der Waals surface area contributed by atoms with E-state index in [9.17, 15) is 39.5 Å². The second kappa shape index (κ2) is 7.05. The predicted octanol–water partition coefficient (Wildman–Crippen LogP) is 3.96. The van der Waals surface area contributed by atoms with Crippen molar-refractivity contribution in [1.82, 2.24) is 0 Å². The molecule has 0 heterocycles. The van der Waals surface area contributed by atoms with Gasteiger partial charge < -0.3 is 9.84 Å². The summed E-state index contributed by atoms with van der Waals surface area (Å²) in [5, 5.41) is 8.72. The van der Waals surface area contributed by atoms with Gasteiger partial charge in [0.2, 0.25) is 0 Å². The molecule has 0 amide bonds. The third-order valence-corrected chi connectivity index (χ3v) is 2.53. The molecule has 3 nitrogen and oxygen atoms in total. The van der Waals surface area contributed by atoms with Crippen LogP contribution in [0.2, 0.25) is 0 Å². The molecule has 0 fully saturated rings. The highest BCUT2D eigenvalue weighted by Gasteiger charge is 2.66. The first-order chi connectivity index (χ1) is 10.8. The van der Waals surface area contributed by atoms with Crippen LogP contribution in [0.1, 0.15) is 5.56 Å². The fourth-order valence-corrected chi connectivity index (χ4v) is 1.26. The second-order valence-corrected chi connectivity index (χ2v) is 4.35. The van der Waals surface area contributed by atoms with Gasteiger partial charge >= 0.3 is 24.6 Å². The lowest BCUT2D eigenvalue weighted by atomic mass is 10.2. The lowest BCUT2D eigenvalue weighted by Gasteiger charge is -2.27. The minimum atomic E-state index is -6.47. The van der Waals surface area contributed by atoms with Gasteiger partial charge in [-0.3, -0.25) is 4.74 Å². The number of halogens is 9. The fourth-order valence-electron chi connectivity index (χ4n) is 1.26. The van der Waals surface area contributed by atoms with Crippen LogP contribution in [0.25, 0.3) is 0 Å². The molecule has 1 rings (SSSR count). The summed E-state index contributed by atoms with van der Waals surface area (Å²) in [5.41, 5.74) is 0.257. The van der Waals surface area contributed by atoms with Gasteiger partial charge in [-0.15, -0.1) is 0 Å². The van der Waals surface area contributed by atoms with Crippen LogP contribution in [0.15, 0.2) is 24.3 Å². The smallest absolute Gasteiger partial charge is 0.429 e. The van der Waals surface area contributed by atoms with E-state index in [-0.39, 0.29) is 5.56 Å².